The minimum absolute atomic E-state index is 0.173. The first kappa shape index (κ1) is 21.8. The van der Waals surface area contributed by atoms with E-state index < -0.39 is 0 Å². The van der Waals surface area contributed by atoms with Crippen LogP contribution in [0.4, 0.5) is 0 Å². The van der Waals surface area contributed by atoms with Crippen molar-refractivity contribution in [1.82, 2.24) is 14.9 Å². The minimum Gasteiger partial charge on any atom is -0.507 e. The molecule has 1 aliphatic carbocycles. The number of nitrogens with one attached hydrogen (secondary N) is 1. The fraction of sp³-hybridized carbons (Fsp3) is 0.609. The molecule has 0 amide bonds. The van der Waals surface area contributed by atoms with Gasteiger partial charge in [0.2, 0.25) is 4.77 Å². The lowest BCUT2D eigenvalue weighted by molar-refractivity contribution is 0.419. The molecule has 0 spiro atoms. The number of hydrogen-bond donors (Lipinski definition) is 2. The molecular weight excluding hydrogens is 380 g/mol. The van der Waals surface area contributed by atoms with Crippen LogP contribution in [0.5, 0.6) is 5.75 Å². The molecule has 6 heteroatoms. The molecular formula is C23H34N4OS. The highest BCUT2D eigenvalue weighted by Gasteiger charge is 2.26. The summed E-state index contributed by atoms with van der Waals surface area (Å²) >= 11 is 5.44. The molecule has 5 nitrogen and oxygen atoms in total. The first-order valence-electron chi connectivity index (χ1n) is 10.6. The molecule has 1 saturated carbocycles. The van der Waals surface area contributed by atoms with Crippen molar-refractivity contribution in [2.75, 3.05) is 0 Å². The second kappa shape index (κ2) is 8.05. The van der Waals surface area contributed by atoms with Crippen molar-refractivity contribution >= 4 is 18.4 Å². The number of H-pyrrole nitrogens is 1. The third-order valence-electron chi connectivity index (χ3n) is 5.72. The van der Waals surface area contributed by atoms with Crippen LogP contribution in [0.2, 0.25) is 0 Å². The van der Waals surface area contributed by atoms with Gasteiger partial charge in [-0.3, -0.25) is 5.10 Å². The van der Waals surface area contributed by atoms with Gasteiger partial charge in [-0.15, -0.1) is 0 Å². The van der Waals surface area contributed by atoms with Crippen LogP contribution in [0.25, 0.3) is 0 Å². The van der Waals surface area contributed by atoms with Gasteiger partial charge in [0.15, 0.2) is 5.82 Å². The monoisotopic (exact) mass is 414 g/mol. The van der Waals surface area contributed by atoms with Gasteiger partial charge in [-0.05, 0) is 53.6 Å². The van der Waals surface area contributed by atoms with E-state index in [1.54, 1.807) is 4.68 Å². The van der Waals surface area contributed by atoms with Crippen LogP contribution < -0.4 is 0 Å². The average Bonchev–Trinajstić information content (AvgIpc) is 3.00. The second-order valence-corrected chi connectivity index (χ2v) is 10.6. The molecule has 29 heavy (non-hydrogen) atoms. The SMILES string of the molecule is CC(C)(C)c1cc(/C=N\n2c(C3CCCCC3)n[nH]c2=S)cc(C(C)(C)C)c1O. The van der Waals surface area contributed by atoms with E-state index in [1.807, 2.05) is 18.3 Å². The summed E-state index contributed by atoms with van der Waals surface area (Å²) in [5.41, 5.74) is 2.46. The Morgan fingerprint density at radius 2 is 1.62 bits per heavy atom. The molecule has 0 radical (unpaired) electrons. The molecule has 1 aliphatic rings. The number of hydrogen-bond acceptors (Lipinski definition) is 4. The van der Waals surface area contributed by atoms with Crippen molar-refractivity contribution in [3.8, 4) is 5.75 Å². The van der Waals surface area contributed by atoms with Gasteiger partial charge in [0.05, 0.1) is 6.21 Å². The topological polar surface area (TPSA) is 66.2 Å². The minimum atomic E-state index is -0.173. The van der Waals surface area contributed by atoms with E-state index in [-0.39, 0.29) is 10.8 Å². The zero-order chi connectivity index (χ0) is 21.4. The Hall–Kier alpha value is -1.95. The Labute approximate surface area is 179 Å². The molecule has 1 fully saturated rings. The van der Waals surface area contributed by atoms with Crippen LogP contribution in [0.3, 0.4) is 0 Å². The molecule has 0 aliphatic heterocycles. The Kier molecular flexibility index (Phi) is 6.04. The Balaban J connectivity index is 2.04. The van der Waals surface area contributed by atoms with Gasteiger partial charge in [0.25, 0.3) is 0 Å². The molecule has 3 rings (SSSR count). The number of phenols is 1. The predicted octanol–water partition coefficient (Wildman–Crippen LogP) is 6.17. The summed E-state index contributed by atoms with van der Waals surface area (Å²) in [7, 11) is 0. The lowest BCUT2D eigenvalue weighted by Gasteiger charge is -2.27. The summed E-state index contributed by atoms with van der Waals surface area (Å²) in [4.78, 5) is 0. The molecule has 0 saturated heterocycles. The van der Waals surface area contributed by atoms with E-state index in [1.165, 1.54) is 19.3 Å². The molecule has 2 aromatic rings. The maximum atomic E-state index is 10.9. The normalized spacial score (nSPS) is 16.6. The molecule has 1 aromatic heterocycles. The summed E-state index contributed by atoms with van der Waals surface area (Å²) < 4.78 is 2.29. The molecule has 1 heterocycles. The maximum Gasteiger partial charge on any atom is 0.216 e. The van der Waals surface area contributed by atoms with Crippen molar-refractivity contribution in [2.45, 2.75) is 90.4 Å². The van der Waals surface area contributed by atoms with Crippen molar-refractivity contribution < 1.29 is 5.11 Å². The average molecular weight is 415 g/mol. The Bertz CT molecular complexity index is 915. The van der Waals surface area contributed by atoms with Crippen LogP contribution in [-0.2, 0) is 10.8 Å². The third kappa shape index (κ3) is 4.80. The first-order valence-corrected chi connectivity index (χ1v) is 11.0. The van der Waals surface area contributed by atoms with Crippen molar-refractivity contribution in [2.24, 2.45) is 5.10 Å². The van der Waals surface area contributed by atoms with Crippen molar-refractivity contribution in [3.63, 3.8) is 0 Å². The number of benzene rings is 1. The zero-order valence-electron chi connectivity index (χ0n) is 18.5. The number of aromatic nitrogens is 3. The van der Waals surface area contributed by atoms with Gasteiger partial charge in [-0.25, -0.2) is 0 Å². The molecule has 0 atom stereocenters. The lowest BCUT2D eigenvalue weighted by atomic mass is 9.78. The Morgan fingerprint density at radius 1 is 1.07 bits per heavy atom. The highest BCUT2D eigenvalue weighted by atomic mass is 32.1. The Morgan fingerprint density at radius 3 is 2.14 bits per heavy atom. The number of aromatic amines is 1. The summed E-state index contributed by atoms with van der Waals surface area (Å²) in [6.45, 7) is 12.7. The van der Waals surface area contributed by atoms with Gasteiger partial charge in [0, 0.05) is 17.0 Å². The van der Waals surface area contributed by atoms with Crippen molar-refractivity contribution in [3.05, 3.63) is 39.4 Å². The van der Waals surface area contributed by atoms with Gasteiger partial charge in [-0.1, -0.05) is 60.8 Å². The number of aromatic hydroxyl groups is 1. The van der Waals surface area contributed by atoms with E-state index in [0.717, 1.165) is 35.4 Å². The highest BCUT2D eigenvalue weighted by molar-refractivity contribution is 7.71. The first-order chi connectivity index (χ1) is 13.5. The quantitative estimate of drug-likeness (QED) is 0.466. The summed E-state index contributed by atoms with van der Waals surface area (Å²) in [6, 6.07) is 4.05. The maximum absolute atomic E-state index is 10.9. The predicted molar refractivity (Wildman–Crippen MR) is 122 cm³/mol. The van der Waals surface area contributed by atoms with E-state index in [0.29, 0.717) is 16.4 Å². The highest BCUT2D eigenvalue weighted by Crippen LogP contribution is 2.39. The smallest absolute Gasteiger partial charge is 0.216 e. The number of rotatable bonds is 3. The molecule has 0 bridgehead atoms. The van der Waals surface area contributed by atoms with Gasteiger partial charge >= 0.3 is 0 Å². The van der Waals surface area contributed by atoms with Crippen LogP contribution >= 0.6 is 12.2 Å². The van der Waals surface area contributed by atoms with E-state index in [4.69, 9.17) is 17.3 Å². The molecule has 1 aromatic carbocycles. The van der Waals surface area contributed by atoms with Crippen LogP contribution in [0, 0.1) is 4.77 Å². The fourth-order valence-corrected chi connectivity index (χ4v) is 4.23. The molecule has 158 valence electrons. The van der Waals surface area contributed by atoms with Crippen LogP contribution in [0.1, 0.15) is 102 Å². The van der Waals surface area contributed by atoms with Gasteiger partial charge in [-0.2, -0.15) is 14.9 Å². The summed E-state index contributed by atoms with van der Waals surface area (Å²) in [5.74, 6) is 1.71. The van der Waals surface area contributed by atoms with Gasteiger partial charge in [0.1, 0.15) is 5.75 Å². The van der Waals surface area contributed by atoms with Crippen molar-refractivity contribution in [1.29, 1.82) is 0 Å². The molecule has 2 N–H and O–H groups in total. The number of phenolic OH excluding ortho intramolecular Hbond substituents is 1. The summed E-state index contributed by atoms with van der Waals surface area (Å²) in [6.07, 6.45) is 7.87. The lowest BCUT2D eigenvalue weighted by Crippen LogP contribution is -2.18. The van der Waals surface area contributed by atoms with E-state index in [9.17, 15) is 5.11 Å². The number of nitrogens with zero attached hydrogens (tertiary/aromatic N) is 3. The van der Waals surface area contributed by atoms with Gasteiger partial charge < -0.3 is 5.11 Å². The molecule has 0 unspecified atom stereocenters. The van der Waals surface area contributed by atoms with Crippen LogP contribution in [0.15, 0.2) is 17.2 Å². The summed E-state index contributed by atoms with van der Waals surface area (Å²) in [5, 5.41) is 23.0. The van der Waals surface area contributed by atoms with E-state index >= 15 is 0 Å². The zero-order valence-corrected chi connectivity index (χ0v) is 19.4. The van der Waals surface area contributed by atoms with Crippen LogP contribution in [-0.4, -0.2) is 26.2 Å². The fourth-order valence-electron chi connectivity index (χ4n) is 4.04. The largest absolute Gasteiger partial charge is 0.507 e. The second-order valence-electron chi connectivity index (χ2n) is 10.2. The standard InChI is InChI=1S/C23H34N4OS/c1-22(2,3)17-12-15(13-18(19(17)28)23(4,5)6)14-24-27-20(25-26-21(27)29)16-10-8-7-9-11-16/h12-14,16,28H,7-11H2,1-6H3,(H,26,29)/b24-14-. The third-order valence-corrected chi connectivity index (χ3v) is 5.98. The van der Waals surface area contributed by atoms with E-state index in [2.05, 4.69) is 51.7 Å².